The van der Waals surface area contributed by atoms with Gasteiger partial charge in [0.15, 0.2) is 0 Å². The molecule has 0 radical (unpaired) electrons. The van der Waals surface area contributed by atoms with E-state index in [2.05, 4.69) is 30.1 Å². The highest BCUT2D eigenvalue weighted by Gasteiger charge is 2.14. The van der Waals surface area contributed by atoms with E-state index in [1.165, 1.54) is 0 Å². The van der Waals surface area contributed by atoms with Crippen molar-refractivity contribution in [3.63, 3.8) is 0 Å². The Kier molecular flexibility index (Phi) is 5.53. The molecule has 0 fully saturated rings. The van der Waals surface area contributed by atoms with Crippen molar-refractivity contribution >= 4 is 21.9 Å². The van der Waals surface area contributed by atoms with E-state index >= 15 is 0 Å². The molecule has 0 unspecified atom stereocenters. The van der Waals surface area contributed by atoms with Gasteiger partial charge in [-0.15, -0.1) is 0 Å². The number of aryl methyl sites for hydroxylation is 1. The second-order valence-corrected chi connectivity index (χ2v) is 6.91. The molecule has 0 aliphatic rings. The van der Waals surface area contributed by atoms with E-state index in [0.29, 0.717) is 13.2 Å². The number of hydrogen-bond donors (Lipinski definition) is 1. The van der Waals surface area contributed by atoms with Crippen LogP contribution in [0.2, 0.25) is 0 Å². The Balaban J connectivity index is 1.70. The lowest BCUT2D eigenvalue weighted by Crippen LogP contribution is -1.97. The summed E-state index contributed by atoms with van der Waals surface area (Å²) in [6.45, 7) is 3.35. The fraction of sp³-hybridized carbons (Fsp3) is 0.304. The van der Waals surface area contributed by atoms with Crippen molar-refractivity contribution in [2.75, 3.05) is 13.7 Å². The zero-order valence-electron chi connectivity index (χ0n) is 16.4. The number of fused-ring (bicyclic) bond motifs is 3. The molecular formula is C23H25N3O2. The van der Waals surface area contributed by atoms with Gasteiger partial charge in [-0.1, -0.05) is 43.7 Å². The number of aromatic nitrogens is 3. The van der Waals surface area contributed by atoms with Crippen molar-refractivity contribution in [1.29, 1.82) is 0 Å². The number of hydrogen-bond acceptors (Lipinski definition) is 4. The number of ether oxygens (including phenoxy) is 2. The zero-order valence-corrected chi connectivity index (χ0v) is 16.4. The summed E-state index contributed by atoms with van der Waals surface area (Å²) in [5.41, 5.74) is 5.15. The Morgan fingerprint density at radius 3 is 2.64 bits per heavy atom. The van der Waals surface area contributed by atoms with Crippen molar-refractivity contribution in [1.82, 2.24) is 15.0 Å². The van der Waals surface area contributed by atoms with Gasteiger partial charge in [0, 0.05) is 25.0 Å². The second-order valence-electron chi connectivity index (χ2n) is 6.91. The van der Waals surface area contributed by atoms with Gasteiger partial charge in [0.2, 0.25) is 0 Å². The van der Waals surface area contributed by atoms with Crippen LogP contribution in [0, 0.1) is 0 Å². The van der Waals surface area contributed by atoms with Crippen molar-refractivity contribution < 1.29 is 9.47 Å². The van der Waals surface area contributed by atoms with E-state index in [1.807, 2.05) is 30.3 Å². The number of aromatic amines is 1. The summed E-state index contributed by atoms with van der Waals surface area (Å²) in [6, 6.07) is 16.2. The van der Waals surface area contributed by atoms with Crippen LogP contribution < -0.4 is 4.74 Å². The lowest BCUT2D eigenvalue weighted by molar-refractivity contribution is 0.201. The molecular weight excluding hydrogens is 350 g/mol. The van der Waals surface area contributed by atoms with Crippen LogP contribution in [-0.4, -0.2) is 28.7 Å². The number of rotatable bonds is 8. The molecule has 0 spiro atoms. The number of benzene rings is 2. The maximum absolute atomic E-state index is 5.99. The second kappa shape index (κ2) is 8.40. The summed E-state index contributed by atoms with van der Waals surface area (Å²) in [5, 5.41) is 1.04. The summed E-state index contributed by atoms with van der Waals surface area (Å²) in [7, 11) is 1.71. The molecule has 4 rings (SSSR count). The summed E-state index contributed by atoms with van der Waals surface area (Å²) in [5.74, 6) is 1.76. The molecule has 0 amide bonds. The molecule has 1 N–H and O–H groups in total. The Labute approximate surface area is 164 Å². The number of H-pyrrole nitrogens is 1. The van der Waals surface area contributed by atoms with Crippen molar-refractivity contribution in [3.05, 3.63) is 65.6 Å². The third-order valence-corrected chi connectivity index (χ3v) is 4.80. The van der Waals surface area contributed by atoms with Crippen molar-refractivity contribution in [3.8, 4) is 5.75 Å². The molecule has 144 valence electrons. The molecule has 0 saturated carbocycles. The van der Waals surface area contributed by atoms with Crippen molar-refractivity contribution in [2.24, 2.45) is 0 Å². The van der Waals surface area contributed by atoms with Gasteiger partial charge < -0.3 is 14.5 Å². The van der Waals surface area contributed by atoms with Crippen LogP contribution in [0.1, 0.15) is 30.4 Å². The van der Waals surface area contributed by atoms with Crippen LogP contribution in [0.15, 0.2) is 48.5 Å². The van der Waals surface area contributed by atoms with E-state index in [4.69, 9.17) is 19.4 Å². The first-order valence-corrected chi connectivity index (χ1v) is 9.75. The Bertz CT molecular complexity index is 1070. The fourth-order valence-corrected chi connectivity index (χ4v) is 3.40. The maximum Gasteiger partial charge on any atom is 0.122 e. The molecule has 2 heterocycles. The van der Waals surface area contributed by atoms with E-state index in [9.17, 15) is 0 Å². The minimum Gasteiger partial charge on any atom is -0.489 e. The maximum atomic E-state index is 5.99. The smallest absolute Gasteiger partial charge is 0.122 e. The van der Waals surface area contributed by atoms with Crippen LogP contribution in [0.4, 0.5) is 0 Å². The lowest BCUT2D eigenvalue weighted by atomic mass is 10.1. The number of nitrogens with zero attached hydrogens (tertiary/aromatic N) is 2. The summed E-state index contributed by atoms with van der Waals surface area (Å²) in [4.78, 5) is 13.2. The Morgan fingerprint density at radius 2 is 1.86 bits per heavy atom. The van der Waals surface area contributed by atoms with Gasteiger partial charge in [-0.2, -0.15) is 0 Å². The first kappa shape index (κ1) is 18.4. The minimum atomic E-state index is 0.542. The summed E-state index contributed by atoms with van der Waals surface area (Å²) in [6.07, 6.45) is 2.70. The molecule has 2 aromatic heterocycles. The number of pyridine rings is 1. The van der Waals surface area contributed by atoms with Gasteiger partial charge in [0.25, 0.3) is 0 Å². The molecule has 0 bridgehead atoms. The standard InChI is InChI=1S/C23H25N3O2/c1-3-7-19-23-22(25-21(26-23)12-13-27-2)18-11-10-17(14-20(18)24-19)28-15-16-8-5-4-6-9-16/h4-6,8-11,14H,3,7,12-13,15H2,1-2H3,(H,25,26). The quantitative estimate of drug-likeness (QED) is 0.479. The fourth-order valence-electron chi connectivity index (χ4n) is 3.40. The number of nitrogens with one attached hydrogen (secondary N) is 1. The molecule has 0 saturated heterocycles. The average molecular weight is 375 g/mol. The summed E-state index contributed by atoms with van der Waals surface area (Å²) >= 11 is 0. The average Bonchev–Trinajstić information content (AvgIpc) is 3.16. The first-order chi connectivity index (χ1) is 13.8. The van der Waals surface area contributed by atoms with Crippen LogP contribution in [-0.2, 0) is 24.2 Å². The minimum absolute atomic E-state index is 0.542. The predicted octanol–water partition coefficient (Wildman–Crippen LogP) is 4.83. The number of imidazole rings is 1. The van der Waals surface area contributed by atoms with Crippen molar-refractivity contribution in [2.45, 2.75) is 32.8 Å². The zero-order chi connectivity index (χ0) is 19.3. The predicted molar refractivity (Wildman–Crippen MR) is 112 cm³/mol. The van der Waals surface area contributed by atoms with Gasteiger partial charge in [0.1, 0.15) is 18.2 Å². The highest BCUT2D eigenvalue weighted by atomic mass is 16.5. The van der Waals surface area contributed by atoms with Crippen LogP contribution in [0.25, 0.3) is 21.9 Å². The third kappa shape index (κ3) is 3.85. The first-order valence-electron chi connectivity index (χ1n) is 9.75. The summed E-state index contributed by atoms with van der Waals surface area (Å²) < 4.78 is 11.2. The van der Waals surface area contributed by atoms with E-state index < -0.39 is 0 Å². The Hall–Kier alpha value is -2.92. The lowest BCUT2D eigenvalue weighted by Gasteiger charge is -2.09. The van der Waals surface area contributed by atoms with Gasteiger partial charge in [-0.05, 0) is 24.1 Å². The molecule has 4 aromatic rings. The highest BCUT2D eigenvalue weighted by Crippen LogP contribution is 2.28. The van der Waals surface area contributed by atoms with Crippen LogP contribution >= 0.6 is 0 Å². The van der Waals surface area contributed by atoms with Gasteiger partial charge in [-0.3, -0.25) is 4.98 Å². The Morgan fingerprint density at radius 1 is 1.00 bits per heavy atom. The van der Waals surface area contributed by atoms with E-state index in [1.54, 1.807) is 7.11 Å². The van der Waals surface area contributed by atoms with Crippen LogP contribution in [0.5, 0.6) is 5.75 Å². The highest BCUT2D eigenvalue weighted by molar-refractivity contribution is 6.03. The van der Waals surface area contributed by atoms with E-state index in [-0.39, 0.29) is 0 Å². The van der Waals surface area contributed by atoms with Gasteiger partial charge in [-0.25, -0.2) is 4.98 Å². The van der Waals surface area contributed by atoms with Gasteiger partial charge in [0.05, 0.1) is 28.9 Å². The SMILES string of the molecule is CCCc1nc2cc(OCc3ccccc3)ccc2c2nc(CCOC)[nH]c12. The monoisotopic (exact) mass is 375 g/mol. The molecule has 0 aliphatic heterocycles. The number of methoxy groups -OCH3 is 1. The largest absolute Gasteiger partial charge is 0.489 e. The van der Waals surface area contributed by atoms with Crippen LogP contribution in [0.3, 0.4) is 0 Å². The van der Waals surface area contributed by atoms with E-state index in [0.717, 1.165) is 64.0 Å². The molecule has 5 heteroatoms. The molecule has 2 aromatic carbocycles. The molecule has 5 nitrogen and oxygen atoms in total. The molecule has 0 aliphatic carbocycles. The molecule has 28 heavy (non-hydrogen) atoms. The normalized spacial score (nSPS) is 11.4. The topological polar surface area (TPSA) is 60.0 Å². The molecule has 0 atom stereocenters. The van der Waals surface area contributed by atoms with Gasteiger partial charge >= 0.3 is 0 Å². The third-order valence-electron chi connectivity index (χ3n) is 4.80.